The summed E-state index contributed by atoms with van der Waals surface area (Å²) in [7, 11) is -1.88. The molecule has 2 heterocycles. The normalized spacial score (nSPS) is 15.4. The summed E-state index contributed by atoms with van der Waals surface area (Å²) in [4.78, 5) is 13.9. The minimum Gasteiger partial charge on any atom is -0.497 e. The number of likely N-dealkylation sites (tertiary alicyclic amines) is 1. The van der Waals surface area contributed by atoms with Crippen LogP contribution in [-0.2, 0) is 9.84 Å². The molecule has 0 N–H and O–H groups in total. The van der Waals surface area contributed by atoms with Gasteiger partial charge in [-0.2, -0.15) is 11.3 Å². The molecule has 3 rings (SSSR count). The third-order valence-electron chi connectivity index (χ3n) is 3.73. The number of carbonyl (C=O) groups is 1. The molecule has 1 aromatic carbocycles. The molecule has 0 saturated carbocycles. The first kappa shape index (κ1) is 15.1. The highest BCUT2D eigenvalue weighted by molar-refractivity contribution is 7.92. The molecule has 0 spiro atoms. The van der Waals surface area contributed by atoms with Crippen LogP contribution in [0.15, 0.2) is 46.0 Å². The summed E-state index contributed by atoms with van der Waals surface area (Å²) in [6.45, 7) is 0.478. The molecule has 0 unspecified atom stereocenters. The fourth-order valence-electron chi connectivity index (χ4n) is 2.33. The van der Waals surface area contributed by atoms with Gasteiger partial charge >= 0.3 is 0 Å². The average Bonchev–Trinajstić information content (AvgIpc) is 2.99. The molecule has 1 fully saturated rings. The molecule has 0 aliphatic carbocycles. The minimum atomic E-state index is -3.41. The topological polar surface area (TPSA) is 63.7 Å². The first-order valence-electron chi connectivity index (χ1n) is 6.72. The number of ether oxygens (including phenoxy) is 1. The van der Waals surface area contributed by atoms with Crippen LogP contribution in [0.2, 0.25) is 0 Å². The maximum Gasteiger partial charge on any atom is 0.254 e. The van der Waals surface area contributed by atoms with Crippen LogP contribution in [0.1, 0.15) is 10.4 Å². The molecule has 2 aromatic rings. The first-order chi connectivity index (χ1) is 10.5. The lowest BCUT2D eigenvalue weighted by atomic mass is 10.2. The molecule has 0 radical (unpaired) electrons. The zero-order chi connectivity index (χ0) is 15.7. The van der Waals surface area contributed by atoms with E-state index < -0.39 is 15.1 Å². The number of benzene rings is 1. The van der Waals surface area contributed by atoms with Gasteiger partial charge in [0.05, 0.1) is 17.6 Å². The first-order valence-corrected chi connectivity index (χ1v) is 9.20. The summed E-state index contributed by atoms with van der Waals surface area (Å²) in [6, 6.07) is 8.08. The summed E-state index contributed by atoms with van der Waals surface area (Å²) in [5, 5.41) is 3.06. The average molecular weight is 337 g/mol. The largest absolute Gasteiger partial charge is 0.497 e. The van der Waals surface area contributed by atoms with Crippen molar-refractivity contribution in [2.45, 2.75) is 10.1 Å². The highest BCUT2D eigenvalue weighted by atomic mass is 32.2. The SMILES string of the molecule is COc1ccc(S(=O)(=O)C2CN(C(=O)c3ccsc3)C2)cc1. The third-order valence-corrected chi connectivity index (χ3v) is 6.52. The van der Waals surface area contributed by atoms with E-state index in [1.165, 1.54) is 30.6 Å². The van der Waals surface area contributed by atoms with Gasteiger partial charge in [-0.05, 0) is 35.7 Å². The van der Waals surface area contributed by atoms with Crippen molar-refractivity contribution in [1.29, 1.82) is 0 Å². The van der Waals surface area contributed by atoms with Gasteiger partial charge in [0.15, 0.2) is 9.84 Å². The standard InChI is InChI=1S/C15H15NO4S2/c1-20-12-2-4-13(5-3-12)22(18,19)14-8-16(9-14)15(17)11-6-7-21-10-11/h2-7,10,14H,8-9H2,1H3. The maximum absolute atomic E-state index is 12.5. The predicted octanol–water partition coefficient (Wildman–Crippen LogP) is 2.05. The summed E-state index contributed by atoms with van der Waals surface area (Å²) in [5.41, 5.74) is 0.616. The lowest BCUT2D eigenvalue weighted by Crippen LogP contribution is -2.56. The van der Waals surface area contributed by atoms with Gasteiger partial charge in [0.2, 0.25) is 0 Å². The van der Waals surface area contributed by atoms with Crippen molar-refractivity contribution < 1.29 is 17.9 Å². The minimum absolute atomic E-state index is 0.109. The molecular formula is C15H15NO4S2. The van der Waals surface area contributed by atoms with Gasteiger partial charge in [0.25, 0.3) is 5.91 Å². The quantitative estimate of drug-likeness (QED) is 0.857. The Balaban J connectivity index is 1.69. The molecular weight excluding hydrogens is 322 g/mol. The van der Waals surface area contributed by atoms with Crippen molar-refractivity contribution in [3.63, 3.8) is 0 Å². The van der Waals surface area contributed by atoms with Crippen molar-refractivity contribution in [3.8, 4) is 5.75 Å². The van der Waals surface area contributed by atoms with E-state index in [0.717, 1.165) is 0 Å². The van der Waals surface area contributed by atoms with Gasteiger partial charge in [-0.15, -0.1) is 0 Å². The Bertz CT molecular complexity index is 760. The summed E-state index contributed by atoms with van der Waals surface area (Å²) in [6.07, 6.45) is 0. The Kier molecular flexibility index (Phi) is 3.92. The van der Waals surface area contributed by atoms with Crippen molar-refractivity contribution in [2.75, 3.05) is 20.2 Å². The zero-order valence-electron chi connectivity index (χ0n) is 11.9. The molecule has 1 aliphatic heterocycles. The number of hydrogen-bond acceptors (Lipinski definition) is 5. The highest BCUT2D eigenvalue weighted by Crippen LogP contribution is 2.26. The van der Waals surface area contributed by atoms with E-state index in [1.807, 2.05) is 5.38 Å². The van der Waals surface area contributed by atoms with E-state index in [4.69, 9.17) is 4.74 Å². The Labute approximate surface area is 133 Å². The van der Waals surface area contributed by atoms with Crippen LogP contribution in [-0.4, -0.2) is 44.7 Å². The van der Waals surface area contributed by atoms with Crippen LogP contribution in [0.25, 0.3) is 0 Å². The molecule has 0 atom stereocenters. The second-order valence-electron chi connectivity index (χ2n) is 5.06. The third kappa shape index (κ3) is 2.62. The Morgan fingerprint density at radius 1 is 1.23 bits per heavy atom. The van der Waals surface area contributed by atoms with E-state index in [9.17, 15) is 13.2 Å². The number of thiophene rings is 1. The zero-order valence-corrected chi connectivity index (χ0v) is 13.6. The van der Waals surface area contributed by atoms with Gasteiger partial charge < -0.3 is 9.64 Å². The lowest BCUT2D eigenvalue weighted by Gasteiger charge is -2.38. The van der Waals surface area contributed by atoms with Gasteiger partial charge in [0, 0.05) is 18.5 Å². The number of rotatable bonds is 4. The predicted molar refractivity (Wildman–Crippen MR) is 84.2 cm³/mol. The fraction of sp³-hybridized carbons (Fsp3) is 0.267. The second-order valence-corrected chi connectivity index (χ2v) is 8.07. The smallest absolute Gasteiger partial charge is 0.254 e. The number of hydrogen-bond donors (Lipinski definition) is 0. The number of amides is 1. The maximum atomic E-state index is 12.5. The number of nitrogens with zero attached hydrogens (tertiary/aromatic N) is 1. The molecule has 22 heavy (non-hydrogen) atoms. The second kappa shape index (κ2) is 5.73. The van der Waals surface area contributed by atoms with Crippen LogP contribution in [0.4, 0.5) is 0 Å². The summed E-state index contributed by atoms with van der Waals surface area (Å²) < 4.78 is 30.0. The lowest BCUT2D eigenvalue weighted by molar-refractivity contribution is 0.0659. The van der Waals surface area contributed by atoms with Gasteiger partial charge in [-0.1, -0.05) is 0 Å². The van der Waals surface area contributed by atoms with Crippen molar-refractivity contribution in [2.24, 2.45) is 0 Å². The van der Waals surface area contributed by atoms with Crippen LogP contribution in [0.5, 0.6) is 5.75 Å². The molecule has 1 amide bonds. The fourth-order valence-corrected chi connectivity index (χ4v) is 4.61. The Hall–Kier alpha value is -1.86. The molecule has 0 bridgehead atoms. The van der Waals surface area contributed by atoms with Crippen LogP contribution < -0.4 is 4.74 Å². The molecule has 1 saturated heterocycles. The Morgan fingerprint density at radius 2 is 1.91 bits per heavy atom. The van der Waals surface area contributed by atoms with Gasteiger partial charge in [-0.3, -0.25) is 4.79 Å². The summed E-state index contributed by atoms with van der Waals surface area (Å²) in [5.74, 6) is 0.504. The van der Waals surface area contributed by atoms with E-state index in [1.54, 1.807) is 28.5 Å². The monoisotopic (exact) mass is 337 g/mol. The van der Waals surface area contributed by atoms with Crippen LogP contribution >= 0.6 is 11.3 Å². The molecule has 1 aromatic heterocycles. The van der Waals surface area contributed by atoms with E-state index in [-0.39, 0.29) is 23.9 Å². The molecule has 7 heteroatoms. The number of carbonyl (C=O) groups excluding carboxylic acids is 1. The van der Waals surface area contributed by atoms with Crippen molar-refractivity contribution in [3.05, 3.63) is 46.7 Å². The highest BCUT2D eigenvalue weighted by Gasteiger charge is 2.40. The number of sulfone groups is 1. The van der Waals surface area contributed by atoms with Crippen molar-refractivity contribution >= 4 is 27.1 Å². The molecule has 116 valence electrons. The molecule has 5 nitrogen and oxygen atoms in total. The number of methoxy groups -OCH3 is 1. The van der Waals surface area contributed by atoms with E-state index >= 15 is 0 Å². The van der Waals surface area contributed by atoms with E-state index in [2.05, 4.69) is 0 Å². The van der Waals surface area contributed by atoms with E-state index in [0.29, 0.717) is 11.3 Å². The van der Waals surface area contributed by atoms with Crippen LogP contribution in [0.3, 0.4) is 0 Å². The van der Waals surface area contributed by atoms with Gasteiger partial charge in [-0.25, -0.2) is 8.42 Å². The summed E-state index contributed by atoms with van der Waals surface area (Å²) >= 11 is 1.45. The molecule has 1 aliphatic rings. The van der Waals surface area contributed by atoms with Gasteiger partial charge in [0.1, 0.15) is 11.0 Å². The van der Waals surface area contributed by atoms with Crippen LogP contribution in [0, 0.1) is 0 Å². The van der Waals surface area contributed by atoms with Crippen molar-refractivity contribution in [1.82, 2.24) is 4.90 Å². The Morgan fingerprint density at radius 3 is 2.45 bits per heavy atom.